The highest BCUT2D eigenvalue weighted by Crippen LogP contribution is 2.19. The first-order valence-electron chi connectivity index (χ1n) is 8.01. The molecule has 0 unspecified atom stereocenters. The SMILES string of the molecule is Cc1ccc(CNC(=O)C(C)(C)C(=O)Nc2ccc(C)cc2)cc1. The monoisotopic (exact) mass is 324 g/mol. The summed E-state index contributed by atoms with van der Waals surface area (Å²) in [5, 5.41) is 5.63. The average Bonchev–Trinajstić information content (AvgIpc) is 2.56. The summed E-state index contributed by atoms with van der Waals surface area (Å²) < 4.78 is 0. The Hall–Kier alpha value is -2.62. The number of amides is 2. The first kappa shape index (κ1) is 17.7. The zero-order valence-corrected chi connectivity index (χ0v) is 14.6. The minimum atomic E-state index is -1.16. The van der Waals surface area contributed by atoms with Crippen LogP contribution in [-0.2, 0) is 16.1 Å². The fourth-order valence-electron chi connectivity index (χ4n) is 2.14. The van der Waals surface area contributed by atoms with E-state index in [0.29, 0.717) is 12.2 Å². The van der Waals surface area contributed by atoms with Crippen molar-refractivity contribution in [1.82, 2.24) is 5.32 Å². The summed E-state index contributed by atoms with van der Waals surface area (Å²) in [6.07, 6.45) is 0. The molecular weight excluding hydrogens is 300 g/mol. The Labute approximate surface area is 143 Å². The van der Waals surface area contributed by atoms with Crippen molar-refractivity contribution in [2.24, 2.45) is 5.41 Å². The molecule has 2 aromatic rings. The standard InChI is InChI=1S/C20H24N2O2/c1-14-5-9-16(10-6-14)13-21-18(23)20(3,4)19(24)22-17-11-7-15(2)8-12-17/h5-12H,13H2,1-4H3,(H,21,23)(H,22,24). The van der Waals surface area contributed by atoms with Gasteiger partial charge in [-0.05, 0) is 45.4 Å². The van der Waals surface area contributed by atoms with Gasteiger partial charge < -0.3 is 10.6 Å². The normalized spacial score (nSPS) is 11.0. The number of hydrogen-bond donors (Lipinski definition) is 2. The van der Waals surface area contributed by atoms with Crippen LogP contribution in [0.5, 0.6) is 0 Å². The second-order valence-electron chi connectivity index (χ2n) is 6.61. The number of nitrogens with one attached hydrogen (secondary N) is 2. The maximum Gasteiger partial charge on any atom is 0.239 e. The van der Waals surface area contributed by atoms with Crippen LogP contribution in [0.15, 0.2) is 48.5 Å². The van der Waals surface area contributed by atoms with Crippen LogP contribution in [0.2, 0.25) is 0 Å². The number of carbonyl (C=O) groups is 2. The minimum Gasteiger partial charge on any atom is -0.351 e. The fraction of sp³-hybridized carbons (Fsp3) is 0.300. The molecule has 0 aliphatic rings. The van der Waals surface area contributed by atoms with E-state index < -0.39 is 5.41 Å². The highest BCUT2D eigenvalue weighted by molar-refractivity contribution is 6.09. The summed E-state index contributed by atoms with van der Waals surface area (Å²) in [4.78, 5) is 24.9. The van der Waals surface area contributed by atoms with Gasteiger partial charge in [0.05, 0.1) is 0 Å². The lowest BCUT2D eigenvalue weighted by molar-refractivity contribution is -0.138. The van der Waals surface area contributed by atoms with Crippen molar-refractivity contribution >= 4 is 17.5 Å². The van der Waals surface area contributed by atoms with Crippen LogP contribution in [-0.4, -0.2) is 11.8 Å². The Morgan fingerprint density at radius 2 is 1.33 bits per heavy atom. The number of anilines is 1. The van der Waals surface area contributed by atoms with Gasteiger partial charge in [-0.2, -0.15) is 0 Å². The first-order chi connectivity index (χ1) is 11.3. The lowest BCUT2D eigenvalue weighted by Gasteiger charge is -2.23. The van der Waals surface area contributed by atoms with Crippen LogP contribution in [0.3, 0.4) is 0 Å². The molecule has 2 amide bonds. The van der Waals surface area contributed by atoms with Crippen LogP contribution in [0, 0.1) is 19.3 Å². The van der Waals surface area contributed by atoms with E-state index in [4.69, 9.17) is 0 Å². The van der Waals surface area contributed by atoms with E-state index in [0.717, 1.165) is 11.1 Å². The van der Waals surface area contributed by atoms with E-state index in [1.807, 2.05) is 62.4 Å². The maximum atomic E-state index is 12.4. The molecule has 0 aromatic heterocycles. The second kappa shape index (κ2) is 7.30. The molecule has 126 valence electrons. The summed E-state index contributed by atoms with van der Waals surface area (Å²) >= 11 is 0. The topological polar surface area (TPSA) is 58.2 Å². The van der Waals surface area contributed by atoms with Crippen LogP contribution < -0.4 is 10.6 Å². The minimum absolute atomic E-state index is 0.298. The van der Waals surface area contributed by atoms with E-state index >= 15 is 0 Å². The molecule has 0 heterocycles. The molecule has 2 rings (SSSR count). The first-order valence-corrected chi connectivity index (χ1v) is 8.01. The zero-order chi connectivity index (χ0) is 17.7. The Morgan fingerprint density at radius 1 is 0.833 bits per heavy atom. The van der Waals surface area contributed by atoms with Crippen molar-refractivity contribution in [1.29, 1.82) is 0 Å². The third-order valence-corrected chi connectivity index (χ3v) is 4.02. The summed E-state index contributed by atoms with van der Waals surface area (Å²) in [5.74, 6) is -0.625. The fourth-order valence-corrected chi connectivity index (χ4v) is 2.14. The lowest BCUT2D eigenvalue weighted by Crippen LogP contribution is -2.44. The van der Waals surface area contributed by atoms with E-state index in [-0.39, 0.29) is 11.8 Å². The van der Waals surface area contributed by atoms with Gasteiger partial charge in [-0.1, -0.05) is 47.5 Å². The number of aryl methyl sites for hydroxylation is 2. The molecule has 4 nitrogen and oxygen atoms in total. The maximum absolute atomic E-state index is 12.4. The lowest BCUT2D eigenvalue weighted by atomic mass is 9.90. The molecule has 0 radical (unpaired) electrons. The smallest absolute Gasteiger partial charge is 0.239 e. The van der Waals surface area contributed by atoms with Gasteiger partial charge in [0.15, 0.2) is 0 Å². The number of hydrogen-bond acceptors (Lipinski definition) is 2. The molecule has 0 fully saturated rings. The van der Waals surface area contributed by atoms with Crippen LogP contribution in [0.25, 0.3) is 0 Å². The summed E-state index contributed by atoms with van der Waals surface area (Å²) in [5.41, 5.74) is 2.81. The third-order valence-electron chi connectivity index (χ3n) is 4.02. The Kier molecular flexibility index (Phi) is 5.39. The molecule has 2 aromatic carbocycles. The quantitative estimate of drug-likeness (QED) is 0.826. The molecule has 0 spiro atoms. The summed E-state index contributed by atoms with van der Waals surface area (Å²) in [6.45, 7) is 7.65. The molecule has 0 atom stereocenters. The van der Waals surface area contributed by atoms with Crippen molar-refractivity contribution in [3.63, 3.8) is 0 Å². The predicted octanol–water partition coefficient (Wildman–Crippen LogP) is 3.58. The van der Waals surface area contributed by atoms with Gasteiger partial charge in [0.25, 0.3) is 0 Å². The van der Waals surface area contributed by atoms with Gasteiger partial charge in [-0.15, -0.1) is 0 Å². The highest BCUT2D eigenvalue weighted by atomic mass is 16.2. The number of carbonyl (C=O) groups excluding carboxylic acids is 2. The van der Waals surface area contributed by atoms with Gasteiger partial charge in [-0.25, -0.2) is 0 Å². The van der Waals surface area contributed by atoms with Gasteiger partial charge in [0.1, 0.15) is 5.41 Å². The molecule has 4 heteroatoms. The Balaban J connectivity index is 1.96. The van der Waals surface area contributed by atoms with Crippen molar-refractivity contribution in [2.45, 2.75) is 34.2 Å². The van der Waals surface area contributed by atoms with Crippen molar-refractivity contribution in [2.75, 3.05) is 5.32 Å². The van der Waals surface area contributed by atoms with E-state index in [1.54, 1.807) is 13.8 Å². The van der Waals surface area contributed by atoms with Crippen molar-refractivity contribution < 1.29 is 9.59 Å². The third kappa shape index (κ3) is 4.44. The Morgan fingerprint density at radius 3 is 1.88 bits per heavy atom. The Bertz CT molecular complexity index is 716. The highest BCUT2D eigenvalue weighted by Gasteiger charge is 2.35. The molecule has 0 saturated carbocycles. The summed E-state index contributed by atoms with van der Waals surface area (Å²) in [6, 6.07) is 15.4. The van der Waals surface area contributed by atoms with E-state index in [9.17, 15) is 9.59 Å². The van der Waals surface area contributed by atoms with Crippen LogP contribution in [0.4, 0.5) is 5.69 Å². The predicted molar refractivity (Wildman–Crippen MR) is 96.6 cm³/mol. The van der Waals surface area contributed by atoms with E-state index in [1.165, 1.54) is 5.56 Å². The molecule has 0 aliphatic carbocycles. The average molecular weight is 324 g/mol. The molecule has 24 heavy (non-hydrogen) atoms. The molecule has 0 aliphatic heterocycles. The van der Waals surface area contributed by atoms with Gasteiger partial charge in [0.2, 0.25) is 11.8 Å². The van der Waals surface area contributed by atoms with Crippen LogP contribution >= 0.6 is 0 Å². The van der Waals surface area contributed by atoms with Gasteiger partial charge in [0, 0.05) is 12.2 Å². The van der Waals surface area contributed by atoms with Gasteiger partial charge in [-0.3, -0.25) is 9.59 Å². The largest absolute Gasteiger partial charge is 0.351 e. The number of benzene rings is 2. The second-order valence-corrected chi connectivity index (χ2v) is 6.61. The van der Waals surface area contributed by atoms with Gasteiger partial charge >= 0.3 is 0 Å². The molecule has 2 N–H and O–H groups in total. The van der Waals surface area contributed by atoms with Crippen molar-refractivity contribution in [3.8, 4) is 0 Å². The summed E-state index contributed by atoms with van der Waals surface area (Å²) in [7, 11) is 0. The molecule has 0 bridgehead atoms. The number of rotatable bonds is 5. The van der Waals surface area contributed by atoms with Crippen LogP contribution in [0.1, 0.15) is 30.5 Å². The molecule has 0 saturated heterocycles. The molecular formula is C20H24N2O2. The van der Waals surface area contributed by atoms with E-state index in [2.05, 4.69) is 10.6 Å². The van der Waals surface area contributed by atoms with Crippen molar-refractivity contribution in [3.05, 3.63) is 65.2 Å². The zero-order valence-electron chi connectivity index (χ0n) is 14.6.